The van der Waals surface area contributed by atoms with Crippen molar-refractivity contribution in [2.75, 3.05) is 4.90 Å². The molecule has 0 spiro atoms. The largest absolute Gasteiger partial charge is 0.305 e. The van der Waals surface area contributed by atoms with Gasteiger partial charge in [-0.2, -0.15) is 5.10 Å². The van der Waals surface area contributed by atoms with Gasteiger partial charge in [0.25, 0.3) is 5.91 Å². The maximum atomic E-state index is 12.5. The van der Waals surface area contributed by atoms with Crippen molar-refractivity contribution in [3.8, 4) is 0 Å². The fraction of sp³-hybridized carbons (Fsp3) is 0.286. The van der Waals surface area contributed by atoms with Gasteiger partial charge < -0.3 is 4.90 Å². The maximum absolute atomic E-state index is 12.5. The summed E-state index contributed by atoms with van der Waals surface area (Å²) in [5.74, 6) is 0.0170. The Morgan fingerprint density at radius 3 is 3.06 bits per heavy atom. The molecular formula is C14H15N3O. The molecular weight excluding hydrogens is 226 g/mol. The van der Waals surface area contributed by atoms with Crippen molar-refractivity contribution < 1.29 is 4.79 Å². The fourth-order valence-electron chi connectivity index (χ4n) is 2.50. The minimum absolute atomic E-state index is 0.0170. The van der Waals surface area contributed by atoms with Crippen LogP contribution in [0.25, 0.3) is 0 Å². The molecule has 1 atom stereocenters. The number of aromatic amines is 1. The van der Waals surface area contributed by atoms with Gasteiger partial charge in [-0.1, -0.05) is 18.2 Å². The average molecular weight is 241 g/mol. The van der Waals surface area contributed by atoms with Gasteiger partial charge in [-0.25, -0.2) is 0 Å². The van der Waals surface area contributed by atoms with Gasteiger partial charge in [0.1, 0.15) is 0 Å². The van der Waals surface area contributed by atoms with Crippen molar-refractivity contribution >= 4 is 11.6 Å². The minimum Gasteiger partial charge on any atom is -0.305 e. The number of para-hydroxylation sites is 1. The van der Waals surface area contributed by atoms with E-state index in [1.54, 1.807) is 12.4 Å². The molecule has 0 bridgehead atoms. The minimum atomic E-state index is 0.0170. The van der Waals surface area contributed by atoms with Crippen LogP contribution in [0.1, 0.15) is 29.3 Å². The first kappa shape index (κ1) is 11.0. The number of nitrogens with zero attached hydrogens (tertiary/aromatic N) is 2. The molecule has 0 saturated carbocycles. The molecule has 3 rings (SSSR count). The van der Waals surface area contributed by atoms with Crippen LogP contribution in [-0.4, -0.2) is 22.1 Å². The van der Waals surface area contributed by atoms with Crippen molar-refractivity contribution in [3.05, 3.63) is 47.8 Å². The van der Waals surface area contributed by atoms with Gasteiger partial charge in [0, 0.05) is 17.9 Å². The summed E-state index contributed by atoms with van der Waals surface area (Å²) in [6.45, 7) is 2.09. The van der Waals surface area contributed by atoms with Crippen molar-refractivity contribution in [1.82, 2.24) is 10.2 Å². The van der Waals surface area contributed by atoms with Crippen LogP contribution in [0.5, 0.6) is 0 Å². The number of fused-ring (bicyclic) bond motifs is 1. The van der Waals surface area contributed by atoms with Crippen LogP contribution in [0.3, 0.4) is 0 Å². The topological polar surface area (TPSA) is 49.0 Å². The van der Waals surface area contributed by atoms with E-state index in [2.05, 4.69) is 23.2 Å². The number of nitrogens with one attached hydrogen (secondary N) is 1. The summed E-state index contributed by atoms with van der Waals surface area (Å²) >= 11 is 0. The smallest absolute Gasteiger partial charge is 0.261 e. The van der Waals surface area contributed by atoms with Crippen molar-refractivity contribution in [2.45, 2.75) is 25.8 Å². The van der Waals surface area contributed by atoms with Gasteiger partial charge in [-0.05, 0) is 31.4 Å². The molecule has 0 radical (unpaired) electrons. The van der Waals surface area contributed by atoms with E-state index >= 15 is 0 Å². The zero-order chi connectivity index (χ0) is 12.5. The second kappa shape index (κ2) is 4.29. The molecule has 0 fully saturated rings. The first-order valence-corrected chi connectivity index (χ1v) is 6.17. The third-order valence-corrected chi connectivity index (χ3v) is 3.49. The van der Waals surface area contributed by atoms with E-state index in [0.717, 1.165) is 18.5 Å². The normalized spacial score (nSPS) is 18.5. The van der Waals surface area contributed by atoms with Gasteiger partial charge in [-0.3, -0.25) is 9.89 Å². The predicted molar refractivity (Wildman–Crippen MR) is 69.6 cm³/mol. The molecule has 1 amide bonds. The van der Waals surface area contributed by atoms with E-state index in [1.807, 2.05) is 23.1 Å². The molecule has 2 heterocycles. The Labute approximate surface area is 106 Å². The molecule has 1 aliphatic rings. The summed E-state index contributed by atoms with van der Waals surface area (Å²) in [5.41, 5.74) is 2.88. The van der Waals surface area contributed by atoms with E-state index < -0.39 is 0 Å². The second-order valence-electron chi connectivity index (χ2n) is 4.68. The fourth-order valence-corrected chi connectivity index (χ4v) is 2.50. The summed E-state index contributed by atoms with van der Waals surface area (Å²) in [6.07, 6.45) is 5.26. The van der Waals surface area contributed by atoms with Crippen LogP contribution >= 0.6 is 0 Å². The predicted octanol–water partition coefficient (Wildman–Crippen LogP) is 2.39. The number of amides is 1. The number of carbonyl (C=O) groups is 1. The molecule has 0 aliphatic carbocycles. The summed E-state index contributed by atoms with van der Waals surface area (Å²) in [4.78, 5) is 14.4. The van der Waals surface area contributed by atoms with Gasteiger partial charge >= 0.3 is 0 Å². The van der Waals surface area contributed by atoms with E-state index in [1.165, 1.54) is 5.56 Å². The van der Waals surface area contributed by atoms with Crippen LogP contribution in [0.4, 0.5) is 5.69 Å². The van der Waals surface area contributed by atoms with Gasteiger partial charge in [-0.15, -0.1) is 0 Å². The lowest BCUT2D eigenvalue weighted by molar-refractivity contribution is 0.0975. The first-order valence-electron chi connectivity index (χ1n) is 6.17. The lowest BCUT2D eigenvalue weighted by Gasteiger charge is -2.35. The lowest BCUT2D eigenvalue weighted by Crippen LogP contribution is -2.42. The number of benzene rings is 1. The number of hydrogen-bond acceptors (Lipinski definition) is 2. The number of carbonyl (C=O) groups excluding carboxylic acids is 1. The van der Waals surface area contributed by atoms with E-state index in [-0.39, 0.29) is 11.9 Å². The number of hydrogen-bond donors (Lipinski definition) is 1. The quantitative estimate of drug-likeness (QED) is 0.833. The van der Waals surface area contributed by atoms with Crippen molar-refractivity contribution in [1.29, 1.82) is 0 Å². The number of rotatable bonds is 1. The zero-order valence-corrected chi connectivity index (χ0v) is 10.3. The molecule has 92 valence electrons. The van der Waals surface area contributed by atoms with Crippen molar-refractivity contribution in [2.24, 2.45) is 0 Å². The molecule has 1 N–H and O–H groups in total. The molecule has 18 heavy (non-hydrogen) atoms. The molecule has 1 unspecified atom stereocenters. The Bertz CT molecular complexity index is 562. The number of anilines is 1. The summed E-state index contributed by atoms with van der Waals surface area (Å²) < 4.78 is 0. The molecule has 4 heteroatoms. The highest BCUT2D eigenvalue weighted by atomic mass is 16.2. The van der Waals surface area contributed by atoms with Crippen LogP contribution in [0, 0.1) is 0 Å². The Morgan fingerprint density at radius 1 is 1.44 bits per heavy atom. The maximum Gasteiger partial charge on any atom is 0.261 e. The summed E-state index contributed by atoms with van der Waals surface area (Å²) in [5, 5.41) is 6.54. The average Bonchev–Trinajstić information content (AvgIpc) is 2.92. The van der Waals surface area contributed by atoms with E-state index in [9.17, 15) is 4.79 Å². The SMILES string of the molecule is CC1CCc2ccccc2N1C(=O)c1cn[nH]c1. The standard InChI is InChI=1S/C14H15N3O/c1-10-6-7-11-4-2-3-5-13(11)17(10)14(18)12-8-15-16-9-12/h2-5,8-10H,6-7H2,1H3,(H,15,16). The van der Waals surface area contributed by atoms with E-state index in [4.69, 9.17) is 0 Å². The summed E-state index contributed by atoms with van der Waals surface area (Å²) in [7, 11) is 0. The van der Waals surface area contributed by atoms with Crippen molar-refractivity contribution in [3.63, 3.8) is 0 Å². The number of aromatic nitrogens is 2. The molecule has 0 saturated heterocycles. The Hall–Kier alpha value is -2.10. The lowest BCUT2D eigenvalue weighted by atomic mass is 9.96. The number of aryl methyl sites for hydroxylation is 1. The summed E-state index contributed by atoms with van der Waals surface area (Å²) in [6, 6.07) is 8.34. The van der Waals surface area contributed by atoms with Crippen LogP contribution in [0.15, 0.2) is 36.7 Å². The van der Waals surface area contributed by atoms with Crippen LogP contribution in [0.2, 0.25) is 0 Å². The Balaban J connectivity index is 2.03. The Morgan fingerprint density at radius 2 is 2.28 bits per heavy atom. The van der Waals surface area contributed by atoms with Gasteiger partial charge in [0.15, 0.2) is 0 Å². The highest BCUT2D eigenvalue weighted by Gasteiger charge is 2.28. The molecule has 2 aromatic rings. The third kappa shape index (κ3) is 1.70. The third-order valence-electron chi connectivity index (χ3n) is 3.49. The molecule has 1 aliphatic heterocycles. The highest BCUT2D eigenvalue weighted by Crippen LogP contribution is 2.31. The molecule has 1 aromatic heterocycles. The monoisotopic (exact) mass is 241 g/mol. The second-order valence-corrected chi connectivity index (χ2v) is 4.68. The highest BCUT2D eigenvalue weighted by molar-refractivity contribution is 6.06. The van der Waals surface area contributed by atoms with E-state index in [0.29, 0.717) is 5.56 Å². The van der Waals surface area contributed by atoms with Crippen LogP contribution in [-0.2, 0) is 6.42 Å². The van der Waals surface area contributed by atoms with Crippen LogP contribution < -0.4 is 4.90 Å². The van der Waals surface area contributed by atoms with Gasteiger partial charge in [0.2, 0.25) is 0 Å². The molecule has 4 nitrogen and oxygen atoms in total. The Kier molecular flexibility index (Phi) is 2.63. The molecule has 1 aromatic carbocycles. The van der Waals surface area contributed by atoms with Gasteiger partial charge in [0.05, 0.1) is 11.8 Å². The zero-order valence-electron chi connectivity index (χ0n) is 10.3. The number of H-pyrrole nitrogens is 1. The first-order chi connectivity index (χ1) is 8.77.